The Morgan fingerprint density at radius 1 is 1.24 bits per heavy atom. The topological polar surface area (TPSA) is 44.9 Å². The molecule has 7 heteroatoms. The molecule has 0 atom stereocenters. The minimum absolute atomic E-state index is 0. The Bertz CT molecular complexity index is 921. The van der Waals surface area contributed by atoms with Crippen LogP contribution in [-0.4, -0.2) is 28.9 Å². The van der Waals surface area contributed by atoms with E-state index in [0.717, 1.165) is 34.7 Å². The number of rotatable bonds is 2. The first-order valence-corrected chi connectivity index (χ1v) is 8.73. The van der Waals surface area contributed by atoms with E-state index < -0.39 is 0 Å². The van der Waals surface area contributed by atoms with Gasteiger partial charge in [0.25, 0.3) is 0 Å². The normalized spacial score (nSPS) is 13.7. The Labute approximate surface area is 172 Å². The number of hydrogen-bond acceptors (Lipinski definition) is 2. The molecule has 0 unspecified atom stereocenters. The maximum atomic E-state index is 4.64. The summed E-state index contributed by atoms with van der Waals surface area (Å²) in [5.74, 6) is 0.887. The number of para-hydroxylation sites is 1. The fourth-order valence-electron chi connectivity index (χ4n) is 3.13. The maximum Gasteiger partial charge on any atom is 0.198 e. The van der Waals surface area contributed by atoms with E-state index in [1.54, 1.807) is 0 Å². The van der Waals surface area contributed by atoms with Crippen LogP contribution in [0.4, 0.5) is 5.69 Å². The number of imidazole rings is 1. The molecule has 0 radical (unpaired) electrons. The molecule has 1 aliphatic rings. The van der Waals surface area contributed by atoms with Crippen molar-refractivity contribution in [1.82, 2.24) is 14.7 Å². The van der Waals surface area contributed by atoms with Crippen LogP contribution in [0.3, 0.4) is 0 Å². The molecule has 3 aromatic rings. The predicted octanol–water partition coefficient (Wildman–Crippen LogP) is 3.85. The third-order valence-corrected chi connectivity index (χ3v) is 4.72. The summed E-state index contributed by atoms with van der Waals surface area (Å²) in [5, 5.41) is 3.43. The van der Waals surface area contributed by atoms with E-state index in [4.69, 9.17) is 0 Å². The Morgan fingerprint density at radius 3 is 2.92 bits per heavy atom. The lowest BCUT2D eigenvalue weighted by atomic mass is 10.2. The molecule has 2 aromatic heterocycles. The molecule has 130 valence electrons. The first kappa shape index (κ1) is 18.2. The number of aliphatic imine (C=N–C) groups is 1. The van der Waals surface area contributed by atoms with Crippen LogP contribution in [-0.2, 0) is 13.0 Å². The molecule has 3 heterocycles. The van der Waals surface area contributed by atoms with Gasteiger partial charge in [-0.2, -0.15) is 0 Å². The van der Waals surface area contributed by atoms with Gasteiger partial charge in [-0.3, -0.25) is 4.99 Å². The lowest BCUT2D eigenvalue weighted by Crippen LogP contribution is -2.40. The maximum absolute atomic E-state index is 4.64. The van der Waals surface area contributed by atoms with Crippen molar-refractivity contribution >= 4 is 57.2 Å². The third-order valence-electron chi connectivity index (χ3n) is 4.25. The number of benzene rings is 1. The van der Waals surface area contributed by atoms with Gasteiger partial charge in [-0.1, -0.05) is 18.2 Å². The van der Waals surface area contributed by atoms with Crippen molar-refractivity contribution < 1.29 is 0 Å². The molecule has 0 bridgehead atoms. The highest BCUT2D eigenvalue weighted by Gasteiger charge is 2.22. The number of guanidine groups is 1. The van der Waals surface area contributed by atoms with Gasteiger partial charge in [0.2, 0.25) is 0 Å². The van der Waals surface area contributed by atoms with E-state index >= 15 is 0 Å². The minimum atomic E-state index is 0. The second-order valence-electron chi connectivity index (χ2n) is 5.78. The van der Waals surface area contributed by atoms with Gasteiger partial charge >= 0.3 is 0 Å². The molecule has 0 saturated heterocycles. The summed E-state index contributed by atoms with van der Waals surface area (Å²) in [6.07, 6.45) is 5.11. The highest BCUT2D eigenvalue weighted by atomic mass is 127. The van der Waals surface area contributed by atoms with Gasteiger partial charge in [0.05, 0.1) is 12.2 Å². The van der Waals surface area contributed by atoms with Crippen LogP contribution in [0.5, 0.6) is 0 Å². The number of anilines is 1. The molecule has 1 aromatic carbocycles. The molecule has 1 aliphatic heterocycles. The molecule has 25 heavy (non-hydrogen) atoms. The Morgan fingerprint density at radius 2 is 2.08 bits per heavy atom. The number of nitrogens with zero attached hydrogens (tertiary/aromatic N) is 4. The van der Waals surface area contributed by atoms with Crippen LogP contribution in [0, 0.1) is 0 Å². The highest BCUT2D eigenvalue weighted by Crippen LogP contribution is 2.27. The van der Waals surface area contributed by atoms with Gasteiger partial charge in [-0.15, -0.1) is 24.0 Å². The number of aromatic nitrogens is 2. The Balaban J connectivity index is 0.00000182. The van der Waals surface area contributed by atoms with Gasteiger partial charge in [-0.25, -0.2) is 4.98 Å². The Kier molecular flexibility index (Phi) is 5.63. The van der Waals surface area contributed by atoms with Crippen LogP contribution in [0.2, 0.25) is 0 Å². The van der Waals surface area contributed by atoms with Crippen molar-refractivity contribution in [1.29, 1.82) is 0 Å². The lowest BCUT2D eigenvalue weighted by Gasteiger charge is -2.21. The molecule has 0 amide bonds. The summed E-state index contributed by atoms with van der Waals surface area (Å²) in [6.45, 7) is 1.60. The van der Waals surface area contributed by atoms with Crippen LogP contribution >= 0.6 is 39.9 Å². The fourth-order valence-corrected chi connectivity index (χ4v) is 3.48. The zero-order valence-electron chi connectivity index (χ0n) is 13.8. The number of hydrogen-bond donors (Lipinski definition) is 1. The summed E-state index contributed by atoms with van der Waals surface area (Å²) in [5.41, 5.74) is 4.54. The Hall–Kier alpha value is -1.61. The molecule has 0 spiro atoms. The average molecular weight is 512 g/mol. The average Bonchev–Trinajstić information content (AvgIpc) is 3.19. The van der Waals surface area contributed by atoms with Crippen LogP contribution in [0.25, 0.3) is 5.65 Å². The largest absolute Gasteiger partial charge is 0.350 e. The minimum Gasteiger partial charge on any atom is -0.350 e. The van der Waals surface area contributed by atoms with Crippen molar-refractivity contribution in [3.05, 3.63) is 64.5 Å². The highest BCUT2D eigenvalue weighted by molar-refractivity contribution is 14.0. The van der Waals surface area contributed by atoms with Crippen molar-refractivity contribution in [2.45, 2.75) is 13.0 Å². The van der Waals surface area contributed by atoms with E-state index in [2.05, 4.69) is 60.4 Å². The molecule has 0 aliphatic carbocycles. The zero-order chi connectivity index (χ0) is 16.5. The van der Waals surface area contributed by atoms with Crippen molar-refractivity contribution in [3.8, 4) is 0 Å². The number of pyridine rings is 1. The summed E-state index contributed by atoms with van der Waals surface area (Å²) in [6, 6.07) is 12.5. The molecule has 5 nitrogen and oxygen atoms in total. The fraction of sp³-hybridized carbons (Fsp3) is 0.222. The predicted molar refractivity (Wildman–Crippen MR) is 116 cm³/mol. The van der Waals surface area contributed by atoms with Crippen molar-refractivity contribution in [2.24, 2.45) is 4.99 Å². The van der Waals surface area contributed by atoms with Gasteiger partial charge in [0.15, 0.2) is 5.96 Å². The molecular formula is C18H19BrIN5. The van der Waals surface area contributed by atoms with Crippen LogP contribution in [0.15, 0.2) is 58.3 Å². The first-order chi connectivity index (χ1) is 11.7. The zero-order valence-corrected chi connectivity index (χ0v) is 17.7. The van der Waals surface area contributed by atoms with Crippen molar-refractivity contribution in [2.75, 3.05) is 18.5 Å². The second kappa shape index (κ2) is 7.74. The van der Waals surface area contributed by atoms with E-state index in [0.29, 0.717) is 6.54 Å². The molecule has 1 N–H and O–H groups in total. The third kappa shape index (κ3) is 3.67. The number of halogens is 2. The number of nitrogens with one attached hydrogen (secondary N) is 1. The summed E-state index contributed by atoms with van der Waals surface area (Å²) in [7, 11) is 1.82. The van der Waals surface area contributed by atoms with Gasteiger partial charge in [-0.05, 0) is 46.1 Å². The molecule has 0 saturated carbocycles. The van der Waals surface area contributed by atoms with Gasteiger partial charge in [0.1, 0.15) is 5.65 Å². The van der Waals surface area contributed by atoms with E-state index in [9.17, 15) is 0 Å². The standard InChI is InChI=1S/C18H18BrN5.HI/c1-20-18(24-9-8-13-4-2-3-5-16(13)24)21-10-15-12-23-11-14(19)6-7-17(23)22-15;/h2-7,11-12H,8-10H2,1H3,(H,20,21);1H. The van der Waals surface area contributed by atoms with Crippen LogP contribution < -0.4 is 10.2 Å². The van der Waals surface area contributed by atoms with Gasteiger partial charge in [0, 0.05) is 36.1 Å². The molecule has 0 fully saturated rings. The monoisotopic (exact) mass is 511 g/mol. The quantitative estimate of drug-likeness (QED) is 0.323. The van der Waals surface area contributed by atoms with E-state index in [1.807, 2.05) is 36.0 Å². The number of fused-ring (bicyclic) bond motifs is 2. The molecule has 4 rings (SSSR count). The van der Waals surface area contributed by atoms with E-state index in [1.165, 1.54) is 11.3 Å². The summed E-state index contributed by atoms with van der Waals surface area (Å²) < 4.78 is 3.06. The van der Waals surface area contributed by atoms with Crippen LogP contribution in [0.1, 0.15) is 11.3 Å². The molecular weight excluding hydrogens is 493 g/mol. The SMILES string of the molecule is CN=C(NCc1cn2cc(Br)ccc2n1)N1CCc2ccccc21.I. The smallest absolute Gasteiger partial charge is 0.198 e. The van der Waals surface area contributed by atoms with Gasteiger partial charge < -0.3 is 14.6 Å². The second-order valence-corrected chi connectivity index (χ2v) is 6.69. The van der Waals surface area contributed by atoms with Crippen molar-refractivity contribution in [3.63, 3.8) is 0 Å². The van der Waals surface area contributed by atoms with E-state index in [-0.39, 0.29) is 24.0 Å². The summed E-state index contributed by atoms with van der Waals surface area (Å²) in [4.78, 5) is 11.3. The lowest BCUT2D eigenvalue weighted by molar-refractivity contribution is 0.847. The first-order valence-electron chi connectivity index (χ1n) is 7.94. The summed E-state index contributed by atoms with van der Waals surface area (Å²) >= 11 is 3.49.